The number of hydrogen-bond acceptors (Lipinski definition) is 3. The first kappa shape index (κ1) is 11.1. The fourth-order valence-electron chi connectivity index (χ4n) is 1.83. The Morgan fingerprint density at radius 1 is 1.44 bits per heavy atom. The van der Waals surface area contributed by atoms with Crippen LogP contribution in [0.2, 0.25) is 0 Å². The molecule has 3 nitrogen and oxygen atoms in total. The number of thiazole rings is 1. The second-order valence-electron chi connectivity index (χ2n) is 3.89. The third-order valence-corrected chi connectivity index (χ3v) is 3.55. The molecule has 0 N–H and O–H groups in total. The average Bonchev–Trinajstić information content (AvgIpc) is 2.77. The number of hydrogen-bond donors (Lipinski definition) is 0. The predicted molar refractivity (Wildman–Crippen MR) is 65.2 cm³/mol. The van der Waals surface area contributed by atoms with Gasteiger partial charge in [-0.25, -0.2) is 4.98 Å². The third kappa shape index (κ3) is 1.93. The molecule has 0 bridgehead atoms. The minimum absolute atomic E-state index is 0.746. The Hall–Kier alpha value is -1.42. The standard InChI is InChI=1S/C12H14N2OS/c1-8-4-11(6-15)9(2)14(8)5-12-7-16-10(3)13-12/h4,6-7H,5H2,1-3H3. The maximum atomic E-state index is 10.8. The topological polar surface area (TPSA) is 34.9 Å². The van der Waals surface area contributed by atoms with Crippen molar-refractivity contribution in [3.63, 3.8) is 0 Å². The highest BCUT2D eigenvalue weighted by molar-refractivity contribution is 7.09. The van der Waals surface area contributed by atoms with Crippen molar-refractivity contribution in [3.05, 3.63) is 39.1 Å². The number of nitrogens with zero attached hydrogens (tertiary/aromatic N) is 2. The molecule has 2 rings (SSSR count). The van der Waals surface area contributed by atoms with E-state index in [0.717, 1.165) is 40.5 Å². The predicted octanol–water partition coefficient (Wildman–Crippen LogP) is 2.73. The summed E-state index contributed by atoms with van der Waals surface area (Å²) >= 11 is 1.65. The van der Waals surface area contributed by atoms with Crippen molar-refractivity contribution in [3.8, 4) is 0 Å². The fraction of sp³-hybridized carbons (Fsp3) is 0.333. The maximum Gasteiger partial charge on any atom is 0.151 e. The lowest BCUT2D eigenvalue weighted by Crippen LogP contribution is -2.04. The van der Waals surface area contributed by atoms with E-state index in [1.807, 2.05) is 26.8 Å². The van der Waals surface area contributed by atoms with Crippen LogP contribution in [-0.4, -0.2) is 15.8 Å². The lowest BCUT2D eigenvalue weighted by Gasteiger charge is -2.06. The van der Waals surface area contributed by atoms with Crippen LogP contribution >= 0.6 is 11.3 Å². The van der Waals surface area contributed by atoms with Crippen LogP contribution in [0.3, 0.4) is 0 Å². The molecule has 0 aliphatic carbocycles. The van der Waals surface area contributed by atoms with Gasteiger partial charge in [0.15, 0.2) is 6.29 Å². The number of aldehydes is 1. The Morgan fingerprint density at radius 2 is 2.19 bits per heavy atom. The van der Waals surface area contributed by atoms with E-state index in [9.17, 15) is 4.79 Å². The largest absolute Gasteiger partial charge is 0.342 e. The van der Waals surface area contributed by atoms with Crippen molar-refractivity contribution >= 4 is 17.6 Å². The van der Waals surface area contributed by atoms with Crippen LogP contribution in [0.1, 0.15) is 32.4 Å². The summed E-state index contributed by atoms with van der Waals surface area (Å²) in [6, 6.07) is 1.92. The molecule has 0 fully saturated rings. The van der Waals surface area contributed by atoms with Gasteiger partial charge in [0.1, 0.15) is 0 Å². The van der Waals surface area contributed by atoms with Crippen LogP contribution in [0, 0.1) is 20.8 Å². The molecule has 0 saturated carbocycles. The molecule has 16 heavy (non-hydrogen) atoms. The van der Waals surface area contributed by atoms with Crippen molar-refractivity contribution in [2.24, 2.45) is 0 Å². The number of rotatable bonds is 3. The van der Waals surface area contributed by atoms with E-state index in [0.29, 0.717) is 0 Å². The van der Waals surface area contributed by atoms with Gasteiger partial charge in [-0.2, -0.15) is 0 Å². The van der Waals surface area contributed by atoms with Gasteiger partial charge in [0.05, 0.1) is 17.2 Å². The minimum Gasteiger partial charge on any atom is -0.342 e. The number of carbonyl (C=O) groups excluding carboxylic acids is 1. The van der Waals surface area contributed by atoms with Gasteiger partial charge < -0.3 is 4.57 Å². The summed E-state index contributed by atoms with van der Waals surface area (Å²) in [6.07, 6.45) is 0.908. The van der Waals surface area contributed by atoms with Crippen LogP contribution < -0.4 is 0 Å². The van der Waals surface area contributed by atoms with Crippen LogP contribution in [-0.2, 0) is 6.54 Å². The Kier molecular flexibility index (Phi) is 2.92. The molecule has 0 radical (unpaired) electrons. The second kappa shape index (κ2) is 4.22. The SMILES string of the molecule is Cc1nc(Cn2c(C)cc(C=O)c2C)cs1. The van der Waals surface area contributed by atoms with Crippen molar-refractivity contribution < 1.29 is 4.79 Å². The lowest BCUT2D eigenvalue weighted by molar-refractivity contribution is 0.112. The van der Waals surface area contributed by atoms with E-state index < -0.39 is 0 Å². The molecular formula is C12H14N2OS. The highest BCUT2D eigenvalue weighted by Crippen LogP contribution is 2.16. The third-order valence-electron chi connectivity index (χ3n) is 2.73. The summed E-state index contributed by atoms with van der Waals surface area (Å²) in [5.41, 5.74) is 3.94. The summed E-state index contributed by atoms with van der Waals surface area (Å²) < 4.78 is 2.12. The van der Waals surface area contributed by atoms with Crippen LogP contribution in [0.25, 0.3) is 0 Å². The molecule has 0 amide bonds. The van der Waals surface area contributed by atoms with Crippen molar-refractivity contribution in [2.45, 2.75) is 27.3 Å². The molecule has 2 aromatic heterocycles. The Bertz CT molecular complexity index is 525. The number of carbonyl (C=O) groups is 1. The molecule has 84 valence electrons. The summed E-state index contributed by atoms with van der Waals surface area (Å²) in [6.45, 7) is 6.73. The van der Waals surface area contributed by atoms with Crippen LogP contribution in [0.4, 0.5) is 0 Å². The van der Waals surface area contributed by atoms with E-state index in [1.165, 1.54) is 0 Å². The zero-order chi connectivity index (χ0) is 11.7. The fourth-order valence-corrected chi connectivity index (χ4v) is 2.44. The van der Waals surface area contributed by atoms with Crippen molar-refractivity contribution in [1.82, 2.24) is 9.55 Å². The quantitative estimate of drug-likeness (QED) is 0.765. The van der Waals surface area contributed by atoms with Crippen molar-refractivity contribution in [1.29, 1.82) is 0 Å². The molecule has 0 unspecified atom stereocenters. The van der Waals surface area contributed by atoms with Gasteiger partial charge in [0.2, 0.25) is 0 Å². The van der Waals surface area contributed by atoms with Gasteiger partial charge in [0, 0.05) is 22.3 Å². The molecule has 2 heterocycles. The van der Waals surface area contributed by atoms with Gasteiger partial charge in [-0.15, -0.1) is 11.3 Å². The van der Waals surface area contributed by atoms with Crippen LogP contribution in [0.15, 0.2) is 11.4 Å². The van der Waals surface area contributed by atoms with Crippen molar-refractivity contribution in [2.75, 3.05) is 0 Å². The molecule has 0 aliphatic heterocycles. The van der Waals surface area contributed by atoms with Crippen LogP contribution in [0.5, 0.6) is 0 Å². The van der Waals surface area contributed by atoms with E-state index in [1.54, 1.807) is 11.3 Å². The Morgan fingerprint density at radius 3 is 2.69 bits per heavy atom. The highest BCUT2D eigenvalue weighted by Gasteiger charge is 2.09. The summed E-state index contributed by atoms with van der Waals surface area (Å²) in [5.74, 6) is 0. The molecule has 2 aromatic rings. The summed E-state index contributed by atoms with van der Waals surface area (Å²) in [7, 11) is 0. The first-order valence-corrected chi connectivity index (χ1v) is 6.02. The smallest absolute Gasteiger partial charge is 0.151 e. The number of aryl methyl sites for hydroxylation is 2. The van der Waals surface area contributed by atoms with Gasteiger partial charge in [-0.05, 0) is 26.8 Å². The van der Waals surface area contributed by atoms with Gasteiger partial charge in [-0.3, -0.25) is 4.79 Å². The monoisotopic (exact) mass is 234 g/mol. The number of aromatic nitrogens is 2. The molecule has 0 spiro atoms. The summed E-state index contributed by atoms with van der Waals surface area (Å²) in [5, 5.41) is 3.14. The van der Waals surface area contributed by atoms with E-state index in [4.69, 9.17) is 0 Å². The van der Waals surface area contributed by atoms with Gasteiger partial charge in [-0.1, -0.05) is 0 Å². The van der Waals surface area contributed by atoms with Gasteiger partial charge in [0.25, 0.3) is 0 Å². The molecule has 0 aliphatic rings. The summed E-state index contributed by atoms with van der Waals surface area (Å²) in [4.78, 5) is 15.3. The molecule has 0 aromatic carbocycles. The maximum absolute atomic E-state index is 10.8. The molecule has 0 atom stereocenters. The minimum atomic E-state index is 0.746. The Labute approximate surface area is 98.8 Å². The normalized spacial score (nSPS) is 10.7. The molecular weight excluding hydrogens is 220 g/mol. The molecule has 4 heteroatoms. The van der Waals surface area contributed by atoms with E-state index in [2.05, 4.69) is 14.9 Å². The van der Waals surface area contributed by atoms with E-state index in [-0.39, 0.29) is 0 Å². The first-order valence-electron chi connectivity index (χ1n) is 5.14. The van der Waals surface area contributed by atoms with E-state index >= 15 is 0 Å². The lowest BCUT2D eigenvalue weighted by atomic mass is 10.3. The molecule has 0 saturated heterocycles. The zero-order valence-electron chi connectivity index (χ0n) is 9.65. The average molecular weight is 234 g/mol. The first-order chi connectivity index (χ1) is 7.61. The Balaban J connectivity index is 2.34. The zero-order valence-corrected chi connectivity index (χ0v) is 10.5. The highest BCUT2D eigenvalue weighted by atomic mass is 32.1. The van der Waals surface area contributed by atoms with Gasteiger partial charge >= 0.3 is 0 Å². The second-order valence-corrected chi connectivity index (χ2v) is 4.95.